The van der Waals surface area contributed by atoms with Gasteiger partial charge in [0.15, 0.2) is 6.29 Å². The molecule has 0 aromatic heterocycles. The molecule has 0 bridgehead atoms. The van der Waals surface area contributed by atoms with Crippen molar-refractivity contribution in [1.29, 1.82) is 0 Å². The summed E-state index contributed by atoms with van der Waals surface area (Å²) in [5, 5.41) is 74.8. The molecule has 50 heavy (non-hydrogen) atoms. The second kappa shape index (κ2) is 30.1. The molecule has 11 heteroatoms. The molecule has 9 unspecified atom stereocenters. The predicted molar refractivity (Wildman–Crippen MR) is 196 cm³/mol. The largest absolute Gasteiger partial charge is 0.394 e. The minimum atomic E-state index is -1.66. The van der Waals surface area contributed by atoms with E-state index in [2.05, 4.69) is 37.4 Å². The molecule has 294 valence electrons. The van der Waals surface area contributed by atoms with Crippen molar-refractivity contribution in [2.75, 3.05) is 13.2 Å². The molecule has 1 aliphatic heterocycles. The molecule has 8 N–H and O–H groups in total. The molecular formula is C39H73NO10. The Hall–Kier alpha value is -1.41. The summed E-state index contributed by atoms with van der Waals surface area (Å²) in [6.45, 7) is 3.25. The molecule has 0 saturated carbocycles. The number of hydrogen-bond donors (Lipinski definition) is 8. The van der Waals surface area contributed by atoms with Crippen molar-refractivity contribution in [1.82, 2.24) is 5.32 Å². The van der Waals surface area contributed by atoms with Crippen LogP contribution in [0.1, 0.15) is 149 Å². The minimum absolute atomic E-state index is 0.239. The van der Waals surface area contributed by atoms with E-state index in [9.17, 15) is 40.5 Å². The number of amides is 1. The van der Waals surface area contributed by atoms with Crippen LogP contribution in [0.25, 0.3) is 0 Å². The molecule has 0 spiro atoms. The van der Waals surface area contributed by atoms with Gasteiger partial charge in [-0.2, -0.15) is 0 Å². The number of rotatable bonds is 31. The van der Waals surface area contributed by atoms with Crippen molar-refractivity contribution in [3.05, 3.63) is 24.3 Å². The number of ether oxygens (including phenoxy) is 2. The summed E-state index contributed by atoms with van der Waals surface area (Å²) in [7, 11) is 0. The fourth-order valence-corrected chi connectivity index (χ4v) is 6.09. The second-order valence-electron chi connectivity index (χ2n) is 14.0. The highest BCUT2D eigenvalue weighted by molar-refractivity contribution is 5.80. The Balaban J connectivity index is 2.47. The van der Waals surface area contributed by atoms with Gasteiger partial charge in [0.05, 0.1) is 25.4 Å². The van der Waals surface area contributed by atoms with Gasteiger partial charge < -0.3 is 50.5 Å². The van der Waals surface area contributed by atoms with Crippen LogP contribution >= 0.6 is 0 Å². The summed E-state index contributed by atoms with van der Waals surface area (Å²) < 4.78 is 11.0. The minimum Gasteiger partial charge on any atom is -0.394 e. The van der Waals surface area contributed by atoms with Gasteiger partial charge >= 0.3 is 0 Å². The molecule has 0 aliphatic carbocycles. The normalized spacial score (nSPS) is 23.7. The first-order valence-corrected chi connectivity index (χ1v) is 19.7. The van der Waals surface area contributed by atoms with Crippen molar-refractivity contribution in [3.63, 3.8) is 0 Å². The summed E-state index contributed by atoms with van der Waals surface area (Å²) in [6, 6.07) is -1.18. The van der Waals surface area contributed by atoms with Crippen LogP contribution in [-0.2, 0) is 14.3 Å². The number of unbranched alkanes of at least 4 members (excludes halogenated alkanes) is 15. The number of nitrogens with one attached hydrogen (secondary N) is 1. The number of hydrogen-bond acceptors (Lipinski definition) is 10. The van der Waals surface area contributed by atoms with Gasteiger partial charge in [0.1, 0.15) is 36.6 Å². The van der Waals surface area contributed by atoms with Crippen LogP contribution in [0.15, 0.2) is 24.3 Å². The van der Waals surface area contributed by atoms with Gasteiger partial charge in [-0.3, -0.25) is 4.79 Å². The average molecular weight is 716 g/mol. The Labute approximate surface area is 302 Å². The fourth-order valence-electron chi connectivity index (χ4n) is 6.09. The molecule has 1 heterocycles. The van der Waals surface area contributed by atoms with E-state index in [1.165, 1.54) is 57.8 Å². The molecule has 9 atom stereocenters. The van der Waals surface area contributed by atoms with Crippen LogP contribution in [0.2, 0.25) is 0 Å². The highest BCUT2D eigenvalue weighted by Crippen LogP contribution is 2.23. The van der Waals surface area contributed by atoms with E-state index in [0.29, 0.717) is 12.8 Å². The molecule has 1 aliphatic rings. The molecule has 0 aromatic rings. The number of carbonyl (C=O) groups is 1. The summed E-state index contributed by atoms with van der Waals surface area (Å²) in [5.41, 5.74) is 0. The van der Waals surface area contributed by atoms with Crippen molar-refractivity contribution < 1.29 is 50.0 Å². The van der Waals surface area contributed by atoms with Crippen LogP contribution in [0.3, 0.4) is 0 Å². The van der Waals surface area contributed by atoms with Gasteiger partial charge in [0.2, 0.25) is 5.91 Å². The molecule has 1 rings (SSSR count). The zero-order chi connectivity index (χ0) is 37.0. The van der Waals surface area contributed by atoms with Gasteiger partial charge in [0, 0.05) is 0 Å². The standard InChI is InChI=1S/C39H73NO10/c1-3-5-7-9-11-12-13-14-15-16-17-18-19-20-21-23-25-27-32(43)38(48)40-30(34(44)31(42)26-24-22-10-8-6-4-2)29-49-39-37(47)36(46)35(45)33(28-41)50-39/h8,10,17-18,30-37,39,41-47H,3-7,9,11-16,19-29H2,1-2H3,(H,40,48)/b10-8+,18-17-. The Morgan fingerprint density at radius 3 is 1.80 bits per heavy atom. The highest BCUT2D eigenvalue weighted by Gasteiger charge is 2.44. The Kier molecular flexibility index (Phi) is 28.1. The van der Waals surface area contributed by atoms with Gasteiger partial charge in [-0.05, 0) is 57.8 Å². The smallest absolute Gasteiger partial charge is 0.249 e. The van der Waals surface area contributed by atoms with Crippen LogP contribution < -0.4 is 5.32 Å². The van der Waals surface area contributed by atoms with Crippen molar-refractivity contribution in [2.24, 2.45) is 0 Å². The van der Waals surface area contributed by atoms with E-state index in [0.717, 1.165) is 51.4 Å². The van der Waals surface area contributed by atoms with Gasteiger partial charge in [-0.25, -0.2) is 0 Å². The van der Waals surface area contributed by atoms with E-state index in [1.807, 2.05) is 6.08 Å². The van der Waals surface area contributed by atoms with E-state index in [-0.39, 0.29) is 12.8 Å². The van der Waals surface area contributed by atoms with Gasteiger partial charge in [-0.1, -0.05) is 115 Å². The molecule has 0 aromatic carbocycles. The van der Waals surface area contributed by atoms with E-state index < -0.39 is 74.2 Å². The first kappa shape index (κ1) is 46.6. The average Bonchev–Trinajstić information content (AvgIpc) is 3.11. The highest BCUT2D eigenvalue weighted by atomic mass is 16.7. The summed E-state index contributed by atoms with van der Waals surface area (Å²) in [4.78, 5) is 12.9. The summed E-state index contributed by atoms with van der Waals surface area (Å²) in [6.07, 6.45) is 18.6. The lowest BCUT2D eigenvalue weighted by atomic mass is 9.98. The zero-order valence-electron chi connectivity index (χ0n) is 31.1. The van der Waals surface area contributed by atoms with Crippen LogP contribution in [0, 0.1) is 0 Å². The second-order valence-corrected chi connectivity index (χ2v) is 14.0. The quantitative estimate of drug-likeness (QED) is 0.0369. The van der Waals surface area contributed by atoms with Gasteiger partial charge in [-0.15, -0.1) is 0 Å². The molecule has 1 saturated heterocycles. The first-order chi connectivity index (χ1) is 24.2. The maximum atomic E-state index is 12.9. The Morgan fingerprint density at radius 1 is 0.680 bits per heavy atom. The predicted octanol–water partition coefficient (Wildman–Crippen LogP) is 4.71. The number of aliphatic hydroxyl groups is 7. The van der Waals surface area contributed by atoms with Crippen LogP contribution in [-0.4, -0.2) is 110 Å². The first-order valence-electron chi connectivity index (χ1n) is 19.7. The van der Waals surface area contributed by atoms with E-state index in [1.54, 1.807) is 0 Å². The SMILES string of the molecule is CCC/C=C/CCCC(O)C(O)C(COC1OC(CO)C(O)C(O)C1O)NC(=O)C(O)CCCCCC/C=C\CCCCCCCCCCC. The molecular weight excluding hydrogens is 642 g/mol. The third kappa shape index (κ3) is 20.6. The van der Waals surface area contributed by atoms with E-state index >= 15 is 0 Å². The molecule has 1 fully saturated rings. The number of carbonyl (C=O) groups excluding carboxylic acids is 1. The third-order valence-electron chi connectivity index (χ3n) is 9.46. The number of aliphatic hydroxyl groups excluding tert-OH is 7. The monoisotopic (exact) mass is 716 g/mol. The van der Waals surface area contributed by atoms with Crippen molar-refractivity contribution in [2.45, 2.75) is 204 Å². The Morgan fingerprint density at radius 2 is 1.22 bits per heavy atom. The maximum Gasteiger partial charge on any atom is 0.249 e. The van der Waals surface area contributed by atoms with E-state index in [4.69, 9.17) is 9.47 Å². The van der Waals surface area contributed by atoms with Crippen LogP contribution in [0.5, 0.6) is 0 Å². The number of allylic oxidation sites excluding steroid dienone is 4. The molecule has 1 amide bonds. The lowest BCUT2D eigenvalue weighted by molar-refractivity contribution is -0.303. The van der Waals surface area contributed by atoms with Gasteiger partial charge in [0.25, 0.3) is 0 Å². The maximum absolute atomic E-state index is 12.9. The zero-order valence-corrected chi connectivity index (χ0v) is 31.1. The summed E-state index contributed by atoms with van der Waals surface area (Å²) >= 11 is 0. The topological polar surface area (TPSA) is 189 Å². The van der Waals surface area contributed by atoms with Crippen LogP contribution in [0.4, 0.5) is 0 Å². The molecule has 11 nitrogen and oxygen atoms in total. The third-order valence-corrected chi connectivity index (χ3v) is 9.46. The summed E-state index contributed by atoms with van der Waals surface area (Å²) in [5.74, 6) is -0.722. The fraction of sp³-hybridized carbons (Fsp3) is 0.872. The lowest BCUT2D eigenvalue weighted by Crippen LogP contribution is -2.60. The lowest BCUT2D eigenvalue weighted by Gasteiger charge is -2.40. The Bertz CT molecular complexity index is 872. The molecule has 0 radical (unpaired) electrons. The van der Waals surface area contributed by atoms with Crippen molar-refractivity contribution in [3.8, 4) is 0 Å². The van der Waals surface area contributed by atoms with Crippen molar-refractivity contribution >= 4 is 5.91 Å².